The molecule has 1 unspecified atom stereocenters. The number of aromatic amines is 1. The molecule has 1 atom stereocenters. The molecule has 0 bridgehead atoms. The Morgan fingerprint density at radius 2 is 2.06 bits per heavy atom. The summed E-state index contributed by atoms with van der Waals surface area (Å²) in [7, 11) is -1.24. The zero-order chi connectivity index (χ0) is 12.7. The van der Waals surface area contributed by atoms with E-state index in [4.69, 9.17) is 5.73 Å². The van der Waals surface area contributed by atoms with E-state index in [1.807, 2.05) is 0 Å². The third-order valence-corrected chi connectivity index (χ3v) is 4.57. The van der Waals surface area contributed by atoms with E-state index in [-0.39, 0.29) is 11.6 Å². The minimum atomic E-state index is -1.24. The van der Waals surface area contributed by atoms with Gasteiger partial charge < -0.3 is 10.7 Å². The molecule has 1 fully saturated rings. The Labute approximate surface area is 106 Å². The van der Waals surface area contributed by atoms with Gasteiger partial charge in [-0.1, -0.05) is 6.07 Å². The lowest BCUT2D eigenvalue weighted by atomic mass is 10.2. The lowest BCUT2D eigenvalue weighted by molar-refractivity contribution is 0.280. The van der Waals surface area contributed by atoms with Crippen LogP contribution in [0.4, 0.5) is 0 Å². The van der Waals surface area contributed by atoms with Crippen LogP contribution in [0.25, 0.3) is 10.8 Å². The number of nitrogens with one attached hydrogen (secondary N) is 1. The summed E-state index contributed by atoms with van der Waals surface area (Å²) >= 11 is 0. The van der Waals surface area contributed by atoms with E-state index in [9.17, 15) is 9.00 Å². The second kappa shape index (κ2) is 4.31. The van der Waals surface area contributed by atoms with Gasteiger partial charge in [-0.2, -0.15) is 0 Å². The van der Waals surface area contributed by atoms with Gasteiger partial charge in [0.2, 0.25) is 0 Å². The number of benzene rings is 1. The first kappa shape index (κ1) is 11.6. The number of aromatic nitrogens is 1. The first-order valence-electron chi connectivity index (χ1n) is 5.69. The van der Waals surface area contributed by atoms with Crippen molar-refractivity contribution in [3.8, 4) is 0 Å². The third-order valence-electron chi connectivity index (χ3n) is 3.07. The summed E-state index contributed by atoms with van der Waals surface area (Å²) < 4.78 is 14.2. The Balaban J connectivity index is 2.10. The van der Waals surface area contributed by atoms with E-state index in [1.165, 1.54) is 0 Å². The van der Waals surface area contributed by atoms with Gasteiger partial charge in [-0.15, -0.1) is 0 Å². The van der Waals surface area contributed by atoms with Crippen LogP contribution >= 0.6 is 0 Å². The molecular weight excluding hydrogens is 250 g/mol. The summed E-state index contributed by atoms with van der Waals surface area (Å²) in [6.45, 7) is 1.26. The average molecular weight is 263 g/mol. The van der Waals surface area contributed by atoms with Crippen molar-refractivity contribution < 1.29 is 4.21 Å². The Morgan fingerprint density at radius 3 is 2.78 bits per heavy atom. The van der Waals surface area contributed by atoms with Gasteiger partial charge >= 0.3 is 0 Å². The molecule has 2 aromatic rings. The molecule has 5 nitrogen and oxygen atoms in total. The number of hydrogen-bond donors (Lipinski definition) is 2. The van der Waals surface area contributed by atoms with Crippen molar-refractivity contribution >= 4 is 21.8 Å². The summed E-state index contributed by atoms with van der Waals surface area (Å²) in [5, 5.41) is 1.30. The molecule has 3 rings (SSSR count). The Hall–Kier alpha value is -1.50. The van der Waals surface area contributed by atoms with Crippen molar-refractivity contribution in [2.45, 2.75) is 10.9 Å². The van der Waals surface area contributed by atoms with Crippen LogP contribution in [0.2, 0.25) is 0 Å². The van der Waals surface area contributed by atoms with Crippen LogP contribution in [0.3, 0.4) is 0 Å². The molecule has 0 amide bonds. The molecule has 0 radical (unpaired) electrons. The topological polar surface area (TPSA) is 79.2 Å². The number of nitrogens with zero attached hydrogens (tertiary/aromatic N) is 1. The highest BCUT2D eigenvalue weighted by molar-refractivity contribution is 7.83. The molecular formula is C12H13N3O2S. The Bertz CT molecular complexity index is 676. The van der Waals surface area contributed by atoms with E-state index < -0.39 is 11.0 Å². The van der Waals surface area contributed by atoms with Crippen LogP contribution in [0.15, 0.2) is 40.2 Å². The molecule has 1 saturated heterocycles. The van der Waals surface area contributed by atoms with Crippen LogP contribution in [0, 0.1) is 0 Å². The van der Waals surface area contributed by atoms with Crippen LogP contribution in [0.5, 0.6) is 0 Å². The van der Waals surface area contributed by atoms with Crippen LogP contribution in [0.1, 0.15) is 0 Å². The predicted octanol–water partition coefficient (Wildman–Crippen LogP) is 0.194. The third kappa shape index (κ3) is 1.78. The first-order chi connectivity index (χ1) is 8.66. The fourth-order valence-corrected chi connectivity index (χ4v) is 3.58. The van der Waals surface area contributed by atoms with Crippen molar-refractivity contribution in [1.82, 2.24) is 9.29 Å². The maximum Gasteiger partial charge on any atom is 0.255 e. The van der Waals surface area contributed by atoms with Crippen molar-refractivity contribution in [1.29, 1.82) is 0 Å². The monoisotopic (exact) mass is 263 g/mol. The largest absolute Gasteiger partial charge is 0.329 e. The van der Waals surface area contributed by atoms with Crippen molar-refractivity contribution in [2.75, 3.05) is 13.1 Å². The van der Waals surface area contributed by atoms with Crippen molar-refractivity contribution in [2.24, 2.45) is 5.73 Å². The molecule has 3 N–H and O–H groups in total. The van der Waals surface area contributed by atoms with E-state index >= 15 is 0 Å². The molecule has 1 aromatic heterocycles. The normalized spacial score (nSPS) is 18.7. The second-order valence-electron chi connectivity index (χ2n) is 4.38. The van der Waals surface area contributed by atoms with Gasteiger partial charge in [0.05, 0.1) is 4.90 Å². The molecule has 6 heteroatoms. The molecule has 2 heterocycles. The van der Waals surface area contributed by atoms with Crippen molar-refractivity contribution in [3.63, 3.8) is 0 Å². The smallest absolute Gasteiger partial charge is 0.255 e. The quantitative estimate of drug-likeness (QED) is 0.812. The average Bonchev–Trinajstić information content (AvgIpc) is 2.34. The number of H-pyrrole nitrogens is 1. The molecule has 1 aromatic carbocycles. The van der Waals surface area contributed by atoms with Gasteiger partial charge in [-0.3, -0.25) is 4.79 Å². The van der Waals surface area contributed by atoms with E-state index in [0.29, 0.717) is 23.4 Å². The fraction of sp³-hybridized carbons (Fsp3) is 0.250. The van der Waals surface area contributed by atoms with Crippen LogP contribution < -0.4 is 11.3 Å². The molecule has 0 spiro atoms. The summed E-state index contributed by atoms with van der Waals surface area (Å²) in [6, 6.07) is 7.17. The summed E-state index contributed by atoms with van der Waals surface area (Å²) in [5.74, 6) is 0. The number of rotatable bonds is 2. The van der Waals surface area contributed by atoms with E-state index in [1.54, 1.807) is 34.8 Å². The van der Waals surface area contributed by atoms with Gasteiger partial charge in [0.15, 0.2) is 0 Å². The Morgan fingerprint density at radius 1 is 1.28 bits per heavy atom. The Kier molecular flexibility index (Phi) is 2.77. The van der Waals surface area contributed by atoms with Crippen LogP contribution in [-0.4, -0.2) is 32.6 Å². The highest BCUT2D eigenvalue weighted by atomic mass is 32.2. The standard InChI is InChI=1S/C12H13N3O2S/c13-8-6-15(7-8)18(17)11-3-1-2-10-9(11)4-5-14-12(10)16/h1-5,8H,6-7,13H2,(H,14,16). The van der Waals surface area contributed by atoms with Crippen LogP contribution in [-0.2, 0) is 11.0 Å². The number of nitrogens with two attached hydrogens (primary N) is 1. The lowest BCUT2D eigenvalue weighted by Crippen LogP contribution is -2.55. The zero-order valence-corrected chi connectivity index (χ0v) is 10.4. The number of fused-ring (bicyclic) bond motifs is 1. The second-order valence-corrected chi connectivity index (χ2v) is 5.83. The SMILES string of the molecule is NC1CN(S(=O)c2cccc3c(=O)[nH]ccc23)C1. The lowest BCUT2D eigenvalue weighted by Gasteiger charge is -2.35. The van der Waals surface area contributed by atoms with Gasteiger partial charge in [-0.05, 0) is 18.2 Å². The molecule has 1 aliphatic heterocycles. The summed E-state index contributed by atoms with van der Waals surface area (Å²) in [6.07, 6.45) is 1.58. The van der Waals surface area contributed by atoms with Gasteiger partial charge in [0.25, 0.3) is 5.56 Å². The molecule has 0 aliphatic carbocycles. The van der Waals surface area contributed by atoms with E-state index in [2.05, 4.69) is 4.98 Å². The fourth-order valence-electron chi connectivity index (χ4n) is 2.09. The summed E-state index contributed by atoms with van der Waals surface area (Å²) in [4.78, 5) is 15.0. The highest BCUT2D eigenvalue weighted by Gasteiger charge is 2.29. The van der Waals surface area contributed by atoms with Gasteiger partial charge in [0, 0.05) is 36.1 Å². The maximum absolute atomic E-state index is 12.4. The number of hydrogen-bond acceptors (Lipinski definition) is 3. The molecule has 18 heavy (non-hydrogen) atoms. The predicted molar refractivity (Wildman–Crippen MR) is 70.5 cm³/mol. The molecule has 0 saturated carbocycles. The highest BCUT2D eigenvalue weighted by Crippen LogP contribution is 2.23. The summed E-state index contributed by atoms with van der Waals surface area (Å²) in [5.41, 5.74) is 5.53. The minimum absolute atomic E-state index is 0.104. The minimum Gasteiger partial charge on any atom is -0.329 e. The van der Waals surface area contributed by atoms with E-state index in [0.717, 1.165) is 5.39 Å². The van der Waals surface area contributed by atoms with Gasteiger partial charge in [0.1, 0.15) is 11.0 Å². The molecule has 1 aliphatic rings. The zero-order valence-electron chi connectivity index (χ0n) is 9.63. The number of pyridine rings is 1. The first-order valence-corrected chi connectivity index (χ1v) is 6.80. The molecule has 94 valence electrons. The van der Waals surface area contributed by atoms with Gasteiger partial charge in [-0.25, -0.2) is 8.51 Å². The maximum atomic E-state index is 12.4. The van der Waals surface area contributed by atoms with Crippen molar-refractivity contribution in [3.05, 3.63) is 40.8 Å².